The Kier molecular flexibility index (Phi) is 4.17. The quantitative estimate of drug-likeness (QED) is 0.690. The molecule has 130 valence electrons. The van der Waals surface area contributed by atoms with Crippen LogP contribution in [0.15, 0.2) is 24.5 Å². The maximum absolute atomic E-state index is 13.2. The molecule has 0 saturated heterocycles. The van der Waals surface area contributed by atoms with Crippen LogP contribution in [0.25, 0.3) is 11.0 Å². The lowest BCUT2D eigenvalue weighted by atomic mass is 9.99. The summed E-state index contributed by atoms with van der Waals surface area (Å²) in [5, 5.41) is 7.13. The number of carbonyl (C=O) groups is 1. The van der Waals surface area contributed by atoms with E-state index in [0.29, 0.717) is 25.0 Å². The van der Waals surface area contributed by atoms with Crippen molar-refractivity contribution < 1.29 is 9.18 Å². The predicted molar refractivity (Wildman–Crippen MR) is 89.2 cm³/mol. The average Bonchev–Trinajstić information content (AvgIpc) is 3.23. The van der Waals surface area contributed by atoms with Crippen LogP contribution < -0.4 is 5.32 Å². The standard InChI is InChI=1S/C17H19FN6O/c18-12-4-5-13-14(8-12)23-15(22-13)2-1-7-19-17(25)11-3-6-16-20-10-21-24(16)9-11/h4-5,8,10-11H,1-3,6-7,9H2,(H,19,25)(H,22,23). The van der Waals surface area contributed by atoms with Crippen molar-refractivity contribution in [2.45, 2.75) is 32.2 Å². The van der Waals surface area contributed by atoms with Gasteiger partial charge in [-0.2, -0.15) is 5.10 Å². The first-order valence-corrected chi connectivity index (χ1v) is 8.47. The zero-order valence-corrected chi connectivity index (χ0v) is 13.7. The van der Waals surface area contributed by atoms with Gasteiger partial charge >= 0.3 is 0 Å². The maximum atomic E-state index is 13.2. The van der Waals surface area contributed by atoms with Gasteiger partial charge in [-0.15, -0.1) is 0 Å². The van der Waals surface area contributed by atoms with E-state index in [9.17, 15) is 9.18 Å². The number of amides is 1. The fourth-order valence-electron chi connectivity index (χ4n) is 3.22. The number of aryl methyl sites for hydroxylation is 2. The minimum absolute atomic E-state index is 0.0524. The maximum Gasteiger partial charge on any atom is 0.224 e. The Balaban J connectivity index is 1.25. The summed E-state index contributed by atoms with van der Waals surface area (Å²) < 4.78 is 15.0. The van der Waals surface area contributed by atoms with Crippen molar-refractivity contribution in [1.82, 2.24) is 30.0 Å². The minimum Gasteiger partial charge on any atom is -0.356 e. The minimum atomic E-state index is -0.280. The largest absolute Gasteiger partial charge is 0.356 e. The van der Waals surface area contributed by atoms with Crippen LogP contribution in [0.4, 0.5) is 4.39 Å². The lowest BCUT2D eigenvalue weighted by molar-refractivity contribution is -0.126. The van der Waals surface area contributed by atoms with Gasteiger partial charge in [0.25, 0.3) is 0 Å². The highest BCUT2D eigenvalue weighted by Crippen LogP contribution is 2.17. The van der Waals surface area contributed by atoms with Crippen LogP contribution >= 0.6 is 0 Å². The van der Waals surface area contributed by atoms with Gasteiger partial charge in [0.2, 0.25) is 5.91 Å². The Labute approximate surface area is 143 Å². The summed E-state index contributed by atoms with van der Waals surface area (Å²) in [5.74, 6) is 1.49. The van der Waals surface area contributed by atoms with Gasteiger partial charge in [-0.25, -0.2) is 19.0 Å². The molecule has 0 radical (unpaired) electrons. The van der Waals surface area contributed by atoms with E-state index in [2.05, 4.69) is 25.4 Å². The van der Waals surface area contributed by atoms with Crippen LogP contribution in [0.1, 0.15) is 24.5 Å². The van der Waals surface area contributed by atoms with E-state index >= 15 is 0 Å². The first-order valence-electron chi connectivity index (χ1n) is 8.47. The fourth-order valence-corrected chi connectivity index (χ4v) is 3.22. The van der Waals surface area contributed by atoms with Crippen LogP contribution in [-0.2, 0) is 24.2 Å². The Morgan fingerprint density at radius 3 is 3.28 bits per heavy atom. The molecule has 4 rings (SSSR count). The number of benzene rings is 1. The molecule has 0 aliphatic carbocycles. The van der Waals surface area contributed by atoms with Crippen molar-refractivity contribution in [2.75, 3.05) is 6.54 Å². The molecule has 3 aromatic rings. The van der Waals surface area contributed by atoms with E-state index in [1.807, 2.05) is 0 Å². The summed E-state index contributed by atoms with van der Waals surface area (Å²) >= 11 is 0. The molecule has 2 N–H and O–H groups in total. The first-order chi connectivity index (χ1) is 12.2. The number of hydrogen-bond donors (Lipinski definition) is 2. The topological polar surface area (TPSA) is 88.5 Å². The van der Waals surface area contributed by atoms with Gasteiger partial charge in [-0.05, 0) is 31.0 Å². The second-order valence-electron chi connectivity index (χ2n) is 6.33. The van der Waals surface area contributed by atoms with Crippen LogP contribution in [0.5, 0.6) is 0 Å². The van der Waals surface area contributed by atoms with Gasteiger partial charge in [-0.3, -0.25) is 4.79 Å². The van der Waals surface area contributed by atoms with Crippen molar-refractivity contribution in [1.29, 1.82) is 0 Å². The average molecular weight is 342 g/mol. The molecule has 1 unspecified atom stereocenters. The molecule has 25 heavy (non-hydrogen) atoms. The number of nitrogens with one attached hydrogen (secondary N) is 2. The summed E-state index contributed by atoms with van der Waals surface area (Å²) in [6.45, 7) is 1.18. The second kappa shape index (κ2) is 6.62. The van der Waals surface area contributed by atoms with E-state index < -0.39 is 0 Å². The highest BCUT2D eigenvalue weighted by Gasteiger charge is 2.25. The first kappa shape index (κ1) is 15.7. The molecule has 0 bridgehead atoms. The number of H-pyrrole nitrogens is 1. The van der Waals surface area contributed by atoms with Gasteiger partial charge in [-0.1, -0.05) is 0 Å². The molecule has 0 fully saturated rings. The molecule has 1 aliphatic rings. The molecule has 0 saturated carbocycles. The van der Waals surface area contributed by atoms with Crippen molar-refractivity contribution in [3.05, 3.63) is 42.0 Å². The van der Waals surface area contributed by atoms with E-state index in [0.717, 1.165) is 36.4 Å². The van der Waals surface area contributed by atoms with Crippen LogP contribution in [-0.4, -0.2) is 37.2 Å². The van der Waals surface area contributed by atoms with E-state index in [1.54, 1.807) is 10.7 Å². The third kappa shape index (κ3) is 3.38. The Morgan fingerprint density at radius 1 is 1.44 bits per heavy atom. The van der Waals surface area contributed by atoms with Crippen molar-refractivity contribution in [3.8, 4) is 0 Å². The lowest BCUT2D eigenvalue weighted by Crippen LogP contribution is -2.36. The van der Waals surface area contributed by atoms with Gasteiger partial charge in [0.15, 0.2) is 0 Å². The zero-order valence-electron chi connectivity index (χ0n) is 13.7. The number of aromatic amines is 1. The molecule has 8 heteroatoms. The number of aromatic nitrogens is 5. The van der Waals surface area contributed by atoms with Gasteiger partial charge in [0.05, 0.1) is 23.5 Å². The van der Waals surface area contributed by atoms with Crippen LogP contribution in [0.3, 0.4) is 0 Å². The summed E-state index contributed by atoms with van der Waals surface area (Å²) in [5.41, 5.74) is 1.45. The number of carbonyl (C=O) groups excluding carboxylic acids is 1. The summed E-state index contributed by atoms with van der Waals surface area (Å²) in [6.07, 6.45) is 4.60. The van der Waals surface area contributed by atoms with E-state index in [-0.39, 0.29) is 17.6 Å². The second-order valence-corrected chi connectivity index (χ2v) is 6.33. The SMILES string of the molecule is O=C(NCCCc1nc2ccc(F)cc2[nH]1)C1CCc2ncnn2C1. The Hall–Kier alpha value is -2.77. The molecule has 7 nitrogen and oxygen atoms in total. The molecular weight excluding hydrogens is 323 g/mol. The summed E-state index contributed by atoms with van der Waals surface area (Å²) in [7, 11) is 0. The molecule has 0 spiro atoms. The Morgan fingerprint density at radius 2 is 2.36 bits per heavy atom. The lowest BCUT2D eigenvalue weighted by Gasteiger charge is -2.21. The highest BCUT2D eigenvalue weighted by molar-refractivity contribution is 5.78. The van der Waals surface area contributed by atoms with Crippen LogP contribution in [0.2, 0.25) is 0 Å². The number of halogens is 1. The smallest absolute Gasteiger partial charge is 0.224 e. The number of nitrogens with zero attached hydrogens (tertiary/aromatic N) is 4. The fraction of sp³-hybridized carbons (Fsp3) is 0.412. The third-order valence-electron chi connectivity index (χ3n) is 4.56. The molecular formula is C17H19FN6O. The highest BCUT2D eigenvalue weighted by atomic mass is 19.1. The van der Waals surface area contributed by atoms with Crippen molar-refractivity contribution in [2.24, 2.45) is 5.92 Å². The Bertz CT molecular complexity index is 902. The zero-order chi connectivity index (χ0) is 17.2. The molecule has 1 aliphatic heterocycles. The number of imidazole rings is 1. The molecule has 1 aromatic carbocycles. The van der Waals surface area contributed by atoms with Crippen LogP contribution in [0, 0.1) is 11.7 Å². The molecule has 3 heterocycles. The monoisotopic (exact) mass is 342 g/mol. The number of fused-ring (bicyclic) bond motifs is 2. The van der Waals surface area contributed by atoms with Crippen molar-refractivity contribution in [3.63, 3.8) is 0 Å². The molecule has 1 atom stereocenters. The summed E-state index contributed by atoms with van der Waals surface area (Å²) in [6, 6.07) is 4.50. The molecule has 1 amide bonds. The van der Waals surface area contributed by atoms with Gasteiger partial charge < -0.3 is 10.3 Å². The summed E-state index contributed by atoms with van der Waals surface area (Å²) in [4.78, 5) is 24.0. The van der Waals surface area contributed by atoms with Gasteiger partial charge in [0, 0.05) is 19.4 Å². The molecule has 2 aromatic heterocycles. The number of rotatable bonds is 5. The third-order valence-corrected chi connectivity index (χ3v) is 4.56. The predicted octanol–water partition coefficient (Wildman–Crippen LogP) is 1.60. The van der Waals surface area contributed by atoms with Gasteiger partial charge in [0.1, 0.15) is 23.8 Å². The number of hydrogen-bond acceptors (Lipinski definition) is 4. The van der Waals surface area contributed by atoms with E-state index in [1.165, 1.54) is 18.5 Å². The normalized spacial score (nSPS) is 16.8. The van der Waals surface area contributed by atoms with Crippen molar-refractivity contribution >= 4 is 16.9 Å². The van der Waals surface area contributed by atoms with E-state index in [4.69, 9.17) is 0 Å².